The van der Waals surface area contributed by atoms with Crippen molar-refractivity contribution in [1.29, 1.82) is 5.26 Å². The van der Waals surface area contributed by atoms with Gasteiger partial charge in [-0.25, -0.2) is 0 Å². The Morgan fingerprint density at radius 3 is 2.79 bits per heavy atom. The van der Waals surface area contributed by atoms with E-state index in [1.54, 1.807) is 7.11 Å². The zero-order valence-electron chi connectivity index (χ0n) is 11.9. The number of nitrogens with one attached hydrogen (secondary N) is 1. The molecule has 5 heteroatoms. The zero-order chi connectivity index (χ0) is 14.1. The molecule has 1 atom stereocenters. The molecule has 0 amide bonds. The van der Waals surface area contributed by atoms with Crippen LogP contribution in [0.25, 0.3) is 0 Å². The van der Waals surface area contributed by atoms with Crippen molar-refractivity contribution in [3.8, 4) is 6.07 Å². The molecule has 5 nitrogen and oxygen atoms in total. The van der Waals surface area contributed by atoms with Crippen molar-refractivity contribution in [3.05, 3.63) is 24.0 Å². The van der Waals surface area contributed by atoms with Gasteiger partial charge in [0.1, 0.15) is 0 Å². The van der Waals surface area contributed by atoms with E-state index in [-0.39, 0.29) is 6.04 Å². The summed E-state index contributed by atoms with van der Waals surface area (Å²) >= 11 is 0. The molecule has 0 aliphatic rings. The fourth-order valence-corrected chi connectivity index (χ4v) is 1.75. The van der Waals surface area contributed by atoms with Crippen LogP contribution in [-0.4, -0.2) is 38.8 Å². The Kier molecular flexibility index (Phi) is 6.86. The number of nitrogens with zero attached hydrogens (tertiary/aromatic N) is 3. The molecular formula is C14H22N4O. The Morgan fingerprint density at radius 2 is 2.26 bits per heavy atom. The van der Waals surface area contributed by atoms with Crippen LogP contribution in [0.3, 0.4) is 0 Å². The van der Waals surface area contributed by atoms with Crippen molar-refractivity contribution < 1.29 is 4.74 Å². The first kappa shape index (κ1) is 15.4. The molecule has 1 aromatic rings. The lowest BCUT2D eigenvalue weighted by Crippen LogP contribution is -2.28. The van der Waals surface area contributed by atoms with Gasteiger partial charge in [-0.2, -0.15) is 5.26 Å². The van der Waals surface area contributed by atoms with Crippen LogP contribution in [0.15, 0.2) is 18.3 Å². The Balaban J connectivity index is 2.75. The third-order valence-corrected chi connectivity index (χ3v) is 3.07. The van der Waals surface area contributed by atoms with E-state index in [1.807, 2.05) is 25.4 Å². The molecule has 0 spiro atoms. The Hall–Kier alpha value is -1.64. The highest BCUT2D eigenvalue weighted by Crippen LogP contribution is 2.16. The van der Waals surface area contributed by atoms with Crippen molar-refractivity contribution in [3.63, 3.8) is 0 Å². The van der Waals surface area contributed by atoms with E-state index in [2.05, 4.69) is 28.2 Å². The van der Waals surface area contributed by atoms with Crippen LogP contribution in [0.5, 0.6) is 0 Å². The molecule has 0 aliphatic heterocycles. The molecule has 0 bridgehead atoms. The maximum Gasteiger partial charge on any atom is 0.0640 e. The molecule has 1 aromatic heterocycles. The van der Waals surface area contributed by atoms with Gasteiger partial charge in [0.25, 0.3) is 0 Å². The lowest BCUT2D eigenvalue weighted by atomic mass is 10.2. The number of hydrogen-bond acceptors (Lipinski definition) is 5. The molecule has 0 saturated heterocycles. The highest BCUT2D eigenvalue weighted by atomic mass is 16.5. The molecule has 1 rings (SSSR count). The lowest BCUT2D eigenvalue weighted by Gasteiger charge is -2.23. The average molecular weight is 262 g/mol. The molecule has 0 saturated carbocycles. The minimum atomic E-state index is 0.237. The van der Waals surface area contributed by atoms with Crippen molar-refractivity contribution in [2.24, 2.45) is 0 Å². The molecular weight excluding hydrogens is 240 g/mol. The summed E-state index contributed by atoms with van der Waals surface area (Å²) in [6.07, 6.45) is 2.36. The molecule has 19 heavy (non-hydrogen) atoms. The normalized spacial score (nSPS) is 11.9. The zero-order valence-corrected chi connectivity index (χ0v) is 11.9. The van der Waals surface area contributed by atoms with Gasteiger partial charge in [0.2, 0.25) is 0 Å². The van der Waals surface area contributed by atoms with Crippen molar-refractivity contribution >= 4 is 5.69 Å². The van der Waals surface area contributed by atoms with Gasteiger partial charge in [-0.05, 0) is 26.1 Å². The Labute approximate surface area is 115 Å². The van der Waals surface area contributed by atoms with Gasteiger partial charge in [-0.15, -0.1) is 0 Å². The highest BCUT2D eigenvalue weighted by Gasteiger charge is 2.08. The van der Waals surface area contributed by atoms with E-state index in [0.717, 1.165) is 17.9 Å². The third-order valence-electron chi connectivity index (χ3n) is 3.07. The number of rotatable bonds is 8. The summed E-state index contributed by atoms with van der Waals surface area (Å²) in [7, 11) is 3.59. The predicted molar refractivity (Wildman–Crippen MR) is 76.0 cm³/mol. The van der Waals surface area contributed by atoms with E-state index in [9.17, 15) is 0 Å². The number of aromatic nitrogens is 1. The maximum atomic E-state index is 8.70. The SMILES string of the molecule is CNC(C)c1ccc(N(CCC#N)CCOC)cn1. The smallest absolute Gasteiger partial charge is 0.0640 e. The van der Waals surface area contributed by atoms with Gasteiger partial charge in [0, 0.05) is 26.2 Å². The fraction of sp³-hybridized carbons (Fsp3) is 0.571. The summed E-state index contributed by atoms with van der Waals surface area (Å²) in [5.41, 5.74) is 2.04. The number of methoxy groups -OCH3 is 1. The Bertz CT molecular complexity index is 399. The van der Waals surface area contributed by atoms with Gasteiger partial charge >= 0.3 is 0 Å². The summed E-state index contributed by atoms with van der Waals surface area (Å²) in [6.45, 7) is 4.17. The average Bonchev–Trinajstić information content (AvgIpc) is 2.47. The fourth-order valence-electron chi connectivity index (χ4n) is 1.75. The Morgan fingerprint density at radius 1 is 1.47 bits per heavy atom. The molecule has 1 N–H and O–H groups in total. The van der Waals surface area contributed by atoms with Gasteiger partial charge < -0.3 is 15.0 Å². The second kappa shape index (κ2) is 8.46. The first-order valence-corrected chi connectivity index (χ1v) is 6.47. The summed E-state index contributed by atoms with van der Waals surface area (Å²) in [4.78, 5) is 6.58. The molecule has 104 valence electrons. The van der Waals surface area contributed by atoms with Crippen molar-refractivity contribution in [1.82, 2.24) is 10.3 Å². The number of nitriles is 1. The standard InChI is InChI=1S/C14H22N4O/c1-12(16-2)14-6-5-13(11-17-14)18(8-4-7-15)9-10-19-3/h5-6,11-12,16H,4,8-10H2,1-3H3. The van der Waals surface area contributed by atoms with Crippen LogP contribution in [0.4, 0.5) is 5.69 Å². The second-order valence-corrected chi connectivity index (χ2v) is 4.34. The largest absolute Gasteiger partial charge is 0.383 e. The van der Waals surface area contributed by atoms with E-state index >= 15 is 0 Å². The minimum Gasteiger partial charge on any atom is -0.383 e. The quantitative estimate of drug-likeness (QED) is 0.773. The first-order valence-electron chi connectivity index (χ1n) is 6.47. The van der Waals surface area contributed by atoms with Gasteiger partial charge in [0.15, 0.2) is 0 Å². The molecule has 0 fully saturated rings. The number of anilines is 1. The van der Waals surface area contributed by atoms with E-state index in [0.29, 0.717) is 19.6 Å². The van der Waals surface area contributed by atoms with Crippen LogP contribution < -0.4 is 10.2 Å². The van der Waals surface area contributed by atoms with E-state index in [4.69, 9.17) is 10.00 Å². The second-order valence-electron chi connectivity index (χ2n) is 4.34. The molecule has 1 heterocycles. The first-order chi connectivity index (χ1) is 9.22. The van der Waals surface area contributed by atoms with Crippen LogP contribution in [-0.2, 0) is 4.74 Å². The lowest BCUT2D eigenvalue weighted by molar-refractivity contribution is 0.205. The van der Waals surface area contributed by atoms with Gasteiger partial charge in [-0.1, -0.05) is 0 Å². The summed E-state index contributed by atoms with van der Waals surface area (Å²) in [5.74, 6) is 0. The summed E-state index contributed by atoms with van der Waals surface area (Å²) < 4.78 is 5.10. The minimum absolute atomic E-state index is 0.237. The molecule has 0 radical (unpaired) electrons. The van der Waals surface area contributed by atoms with Crippen molar-refractivity contribution in [2.45, 2.75) is 19.4 Å². The number of pyridine rings is 1. The molecule has 0 aromatic carbocycles. The van der Waals surface area contributed by atoms with Crippen molar-refractivity contribution in [2.75, 3.05) is 38.8 Å². The summed E-state index contributed by atoms with van der Waals surface area (Å²) in [5, 5.41) is 11.9. The van der Waals surface area contributed by atoms with Crippen LogP contribution in [0, 0.1) is 11.3 Å². The topological polar surface area (TPSA) is 61.2 Å². The third kappa shape index (κ3) is 4.86. The number of ether oxygens (including phenoxy) is 1. The van der Waals surface area contributed by atoms with Crippen LogP contribution in [0.2, 0.25) is 0 Å². The molecule has 1 unspecified atom stereocenters. The van der Waals surface area contributed by atoms with Crippen LogP contribution in [0.1, 0.15) is 25.1 Å². The van der Waals surface area contributed by atoms with E-state index in [1.165, 1.54) is 0 Å². The van der Waals surface area contributed by atoms with Gasteiger partial charge in [0.05, 0.1) is 36.7 Å². The molecule has 0 aliphatic carbocycles. The maximum absolute atomic E-state index is 8.70. The highest BCUT2D eigenvalue weighted by molar-refractivity contribution is 5.44. The van der Waals surface area contributed by atoms with E-state index < -0.39 is 0 Å². The monoisotopic (exact) mass is 262 g/mol. The van der Waals surface area contributed by atoms with Gasteiger partial charge in [-0.3, -0.25) is 4.98 Å². The summed E-state index contributed by atoms with van der Waals surface area (Å²) in [6, 6.07) is 6.47. The number of hydrogen-bond donors (Lipinski definition) is 1. The predicted octanol–water partition coefficient (Wildman–Crippen LogP) is 1.73. The van der Waals surface area contributed by atoms with Crippen LogP contribution >= 0.6 is 0 Å².